The van der Waals surface area contributed by atoms with Gasteiger partial charge in [0, 0.05) is 16.1 Å². The van der Waals surface area contributed by atoms with E-state index < -0.39 is 24.0 Å². The fraction of sp³-hybridized carbons (Fsp3) is 0.160. The van der Waals surface area contributed by atoms with E-state index >= 15 is 0 Å². The molecule has 3 aromatic carbocycles. The summed E-state index contributed by atoms with van der Waals surface area (Å²) in [4.78, 5) is 35.9. The number of halogens is 1. The van der Waals surface area contributed by atoms with Gasteiger partial charge in [-0.3, -0.25) is 14.9 Å². The normalized spacial score (nSPS) is 12.9. The zero-order chi connectivity index (χ0) is 23.5. The van der Waals surface area contributed by atoms with Gasteiger partial charge in [0.25, 0.3) is 5.91 Å². The van der Waals surface area contributed by atoms with Crippen molar-refractivity contribution in [3.8, 4) is 11.1 Å². The van der Waals surface area contributed by atoms with Crippen molar-refractivity contribution in [1.29, 1.82) is 0 Å². The van der Waals surface area contributed by atoms with Crippen molar-refractivity contribution in [1.82, 2.24) is 5.32 Å². The van der Waals surface area contributed by atoms with Crippen LogP contribution in [-0.2, 0) is 9.53 Å². The van der Waals surface area contributed by atoms with Crippen LogP contribution < -0.4 is 10.6 Å². The monoisotopic (exact) mass is 508 g/mol. The number of amides is 2. The van der Waals surface area contributed by atoms with Crippen LogP contribution in [0.4, 0.5) is 10.5 Å². The van der Waals surface area contributed by atoms with Crippen LogP contribution in [0.15, 0.2) is 71.2 Å². The quantitative estimate of drug-likeness (QED) is 0.433. The highest BCUT2D eigenvalue weighted by Crippen LogP contribution is 2.44. The van der Waals surface area contributed by atoms with Crippen molar-refractivity contribution in [2.75, 3.05) is 11.9 Å². The number of ether oxygens (including phenoxy) is 1. The first-order valence-corrected chi connectivity index (χ1v) is 11.1. The molecule has 3 N–H and O–H groups in total. The number of carbonyl (C=O) groups is 3. The van der Waals surface area contributed by atoms with Crippen LogP contribution in [0, 0.1) is 0 Å². The molecule has 0 unspecified atom stereocenters. The Balaban J connectivity index is 1.44. The average Bonchev–Trinajstić information content (AvgIpc) is 3.12. The van der Waals surface area contributed by atoms with Crippen LogP contribution in [0.1, 0.15) is 34.3 Å². The molecule has 0 bridgehead atoms. The number of hydrogen-bond donors (Lipinski definition) is 3. The SMILES string of the molecule is C[C@H](NC(=O)c1cc(NC(=O)OCC2c3ccccc3-c3ccccc32)ccc1Br)C(=O)O. The number of aliphatic carboxylic acids is 1. The van der Waals surface area contributed by atoms with Gasteiger partial charge in [-0.2, -0.15) is 0 Å². The zero-order valence-electron chi connectivity index (χ0n) is 17.7. The second-order valence-corrected chi connectivity index (χ2v) is 8.53. The molecule has 1 atom stereocenters. The predicted molar refractivity (Wildman–Crippen MR) is 127 cm³/mol. The van der Waals surface area contributed by atoms with Crippen LogP contribution >= 0.6 is 15.9 Å². The number of anilines is 1. The fourth-order valence-corrected chi connectivity index (χ4v) is 4.29. The fourth-order valence-electron chi connectivity index (χ4n) is 3.87. The molecule has 0 aromatic heterocycles. The Morgan fingerprint density at radius 2 is 1.61 bits per heavy atom. The molecule has 168 valence electrons. The Morgan fingerprint density at radius 1 is 1.00 bits per heavy atom. The van der Waals surface area contributed by atoms with Gasteiger partial charge in [0.1, 0.15) is 12.6 Å². The Bertz CT molecular complexity index is 1200. The highest BCUT2D eigenvalue weighted by atomic mass is 79.9. The van der Waals surface area contributed by atoms with E-state index in [1.54, 1.807) is 12.1 Å². The summed E-state index contributed by atoms with van der Waals surface area (Å²) in [7, 11) is 0. The molecule has 7 nitrogen and oxygen atoms in total. The first-order chi connectivity index (χ1) is 15.8. The standard InChI is InChI=1S/C25H21BrN2O5/c1-14(24(30)31)27-23(29)20-12-15(10-11-22(20)26)28-25(32)33-13-21-18-8-4-2-6-16(18)17-7-3-5-9-19(17)21/h2-12,14,21H,13H2,1H3,(H,27,29)(H,28,32)(H,30,31)/t14-/m0/s1. The average molecular weight is 509 g/mol. The van der Waals surface area contributed by atoms with Gasteiger partial charge in [-0.1, -0.05) is 48.5 Å². The summed E-state index contributed by atoms with van der Waals surface area (Å²) in [6.45, 7) is 1.53. The van der Waals surface area contributed by atoms with Gasteiger partial charge >= 0.3 is 12.1 Å². The number of nitrogens with one attached hydrogen (secondary N) is 2. The van der Waals surface area contributed by atoms with Crippen LogP contribution in [0.25, 0.3) is 11.1 Å². The molecule has 0 heterocycles. The minimum absolute atomic E-state index is 0.0630. The third-order valence-corrected chi connectivity index (χ3v) is 6.21. The maximum Gasteiger partial charge on any atom is 0.411 e. The van der Waals surface area contributed by atoms with Gasteiger partial charge in [0.05, 0.1) is 5.56 Å². The van der Waals surface area contributed by atoms with Gasteiger partial charge in [0.2, 0.25) is 0 Å². The van der Waals surface area contributed by atoms with E-state index in [-0.39, 0.29) is 18.1 Å². The minimum Gasteiger partial charge on any atom is -0.480 e. The molecule has 0 fully saturated rings. The van der Waals surface area contributed by atoms with Crippen LogP contribution in [0.2, 0.25) is 0 Å². The second kappa shape index (κ2) is 9.46. The molecule has 1 aliphatic carbocycles. The van der Waals surface area contributed by atoms with E-state index in [4.69, 9.17) is 9.84 Å². The van der Waals surface area contributed by atoms with Crippen molar-refractivity contribution < 1.29 is 24.2 Å². The third-order valence-electron chi connectivity index (χ3n) is 5.52. The number of carboxylic acids is 1. The molecule has 33 heavy (non-hydrogen) atoms. The molecular weight excluding hydrogens is 488 g/mol. The smallest absolute Gasteiger partial charge is 0.411 e. The van der Waals surface area contributed by atoms with Crippen LogP contribution in [-0.4, -0.2) is 35.7 Å². The third kappa shape index (κ3) is 4.75. The topological polar surface area (TPSA) is 105 Å². The molecule has 0 saturated heterocycles. The number of carbonyl (C=O) groups excluding carboxylic acids is 2. The number of carboxylic acid groups (broad SMARTS) is 1. The molecule has 4 rings (SSSR count). The molecule has 2 amide bonds. The molecule has 0 radical (unpaired) electrons. The van der Waals surface area contributed by atoms with Gasteiger partial charge in [-0.25, -0.2) is 4.79 Å². The van der Waals surface area contributed by atoms with Crippen molar-refractivity contribution >= 4 is 39.6 Å². The van der Waals surface area contributed by atoms with Crippen LogP contribution in [0.5, 0.6) is 0 Å². The number of rotatable bonds is 6. The molecule has 0 spiro atoms. The summed E-state index contributed by atoms with van der Waals surface area (Å²) in [6.07, 6.45) is -0.649. The number of benzene rings is 3. The first-order valence-electron chi connectivity index (χ1n) is 10.3. The Morgan fingerprint density at radius 3 is 2.21 bits per heavy atom. The highest BCUT2D eigenvalue weighted by Gasteiger charge is 2.29. The Kier molecular flexibility index (Phi) is 6.46. The van der Waals surface area contributed by atoms with Crippen molar-refractivity contribution in [3.63, 3.8) is 0 Å². The highest BCUT2D eigenvalue weighted by molar-refractivity contribution is 9.10. The molecular formula is C25H21BrN2O5. The Hall–Kier alpha value is -3.65. The van der Waals surface area contributed by atoms with Crippen LogP contribution in [0.3, 0.4) is 0 Å². The summed E-state index contributed by atoms with van der Waals surface area (Å²) in [5.41, 5.74) is 5.05. The molecule has 0 aliphatic heterocycles. The number of fused-ring (bicyclic) bond motifs is 3. The molecule has 1 aliphatic rings. The summed E-state index contributed by atoms with van der Waals surface area (Å²) in [6, 6.07) is 19.7. The van der Waals surface area contributed by atoms with E-state index in [0.717, 1.165) is 22.3 Å². The van der Waals surface area contributed by atoms with E-state index in [9.17, 15) is 14.4 Å². The molecule has 8 heteroatoms. The van der Waals surface area contributed by atoms with Crippen molar-refractivity contribution in [3.05, 3.63) is 87.9 Å². The largest absolute Gasteiger partial charge is 0.480 e. The lowest BCUT2D eigenvalue weighted by molar-refractivity contribution is -0.138. The lowest BCUT2D eigenvalue weighted by Crippen LogP contribution is -2.38. The van der Waals surface area contributed by atoms with Gasteiger partial charge in [0.15, 0.2) is 0 Å². The molecule has 0 saturated carbocycles. The van der Waals surface area contributed by atoms with Gasteiger partial charge < -0.3 is 15.2 Å². The van der Waals surface area contributed by atoms with Gasteiger partial charge in [-0.15, -0.1) is 0 Å². The minimum atomic E-state index is -1.15. The van der Waals surface area contributed by atoms with E-state index in [0.29, 0.717) is 10.2 Å². The van der Waals surface area contributed by atoms with E-state index in [2.05, 4.69) is 38.7 Å². The van der Waals surface area contributed by atoms with Crippen molar-refractivity contribution in [2.24, 2.45) is 0 Å². The maximum atomic E-state index is 12.5. The summed E-state index contributed by atoms with van der Waals surface area (Å²) in [5.74, 6) is -1.78. The summed E-state index contributed by atoms with van der Waals surface area (Å²) >= 11 is 3.28. The first kappa shape index (κ1) is 22.5. The predicted octanol–water partition coefficient (Wildman–Crippen LogP) is 5.01. The summed E-state index contributed by atoms with van der Waals surface area (Å²) < 4.78 is 6.00. The summed E-state index contributed by atoms with van der Waals surface area (Å²) in [5, 5.41) is 14.0. The second-order valence-electron chi connectivity index (χ2n) is 7.68. The Labute approximate surface area is 198 Å². The van der Waals surface area contributed by atoms with Gasteiger partial charge in [-0.05, 0) is 63.3 Å². The maximum absolute atomic E-state index is 12.5. The zero-order valence-corrected chi connectivity index (χ0v) is 19.3. The lowest BCUT2D eigenvalue weighted by atomic mass is 9.98. The molecule has 3 aromatic rings. The van der Waals surface area contributed by atoms with E-state index in [1.807, 2.05) is 36.4 Å². The number of hydrogen-bond acceptors (Lipinski definition) is 4. The van der Waals surface area contributed by atoms with E-state index in [1.165, 1.54) is 13.0 Å². The van der Waals surface area contributed by atoms with Crippen molar-refractivity contribution in [2.45, 2.75) is 18.9 Å². The lowest BCUT2D eigenvalue weighted by Gasteiger charge is -2.15.